The first kappa shape index (κ1) is 34.0. The Hall–Kier alpha value is -5.91. The van der Waals surface area contributed by atoms with E-state index in [9.17, 15) is 19.2 Å². The van der Waals surface area contributed by atoms with Crippen molar-refractivity contribution < 1.29 is 23.9 Å². The van der Waals surface area contributed by atoms with Crippen LogP contribution in [-0.2, 0) is 14.3 Å². The number of carbonyl (C=O) groups is 4. The van der Waals surface area contributed by atoms with Gasteiger partial charge in [-0.15, -0.1) is 23.1 Å². The van der Waals surface area contributed by atoms with Crippen molar-refractivity contribution in [3.63, 3.8) is 0 Å². The summed E-state index contributed by atoms with van der Waals surface area (Å²) in [6.45, 7) is 1.94. The normalized spacial score (nSPS) is 11.2. The first-order valence-electron chi connectivity index (χ1n) is 15.7. The number of esters is 1. The molecule has 6 aromatic rings. The number of benzene rings is 4. The lowest BCUT2D eigenvalue weighted by molar-refractivity contribution is -0.114. The van der Waals surface area contributed by atoms with Crippen LogP contribution < -0.4 is 16.0 Å². The van der Waals surface area contributed by atoms with E-state index < -0.39 is 17.8 Å². The summed E-state index contributed by atoms with van der Waals surface area (Å²) in [5, 5.41) is 11.7. The largest absolute Gasteiger partial charge is 0.462 e. The third-order valence-corrected chi connectivity index (χ3v) is 9.41. The Morgan fingerprint density at radius 2 is 1.60 bits per heavy atom. The predicted molar refractivity (Wildman–Crippen MR) is 200 cm³/mol. The summed E-state index contributed by atoms with van der Waals surface area (Å²) < 4.78 is 5.30. The van der Waals surface area contributed by atoms with Crippen LogP contribution in [0.25, 0.3) is 28.1 Å². The van der Waals surface area contributed by atoms with Crippen LogP contribution in [0.3, 0.4) is 0 Å². The monoisotopic (exact) mass is 700 g/mol. The topological polar surface area (TPSA) is 129 Å². The Bertz CT molecular complexity index is 2190. The fourth-order valence-corrected chi connectivity index (χ4v) is 6.90. The molecule has 11 heteroatoms. The van der Waals surface area contributed by atoms with E-state index in [-0.39, 0.29) is 24.0 Å². The second-order valence-electron chi connectivity index (χ2n) is 10.9. The molecule has 2 aromatic heterocycles. The van der Waals surface area contributed by atoms with E-state index >= 15 is 0 Å². The standard InChI is InChI=1S/C39H32N4O5S2/c1-2-48-39(47)35-31(25-12-5-3-6-13-25)23-50-38(35)43-34(44)24-49-29-17-11-16-28(21-29)41-37(46)33(42-36(45)26-14-7-4-8-15-26)20-27-22-40-32-19-10-9-18-30(27)32/h3-23,40H,2,24H2,1H3,(H,41,46)(H,42,45)(H,43,44)/b33-20-. The van der Waals surface area contributed by atoms with Crippen molar-refractivity contribution >= 4 is 74.5 Å². The molecule has 50 heavy (non-hydrogen) atoms. The molecule has 0 aliphatic heterocycles. The average molecular weight is 701 g/mol. The van der Waals surface area contributed by atoms with Crippen molar-refractivity contribution in [2.24, 2.45) is 0 Å². The lowest BCUT2D eigenvalue weighted by atomic mass is 10.0. The number of aromatic amines is 1. The van der Waals surface area contributed by atoms with Gasteiger partial charge in [-0.05, 0) is 55.0 Å². The predicted octanol–water partition coefficient (Wildman–Crippen LogP) is 8.21. The van der Waals surface area contributed by atoms with Gasteiger partial charge < -0.3 is 25.7 Å². The maximum Gasteiger partial charge on any atom is 0.341 e. The summed E-state index contributed by atoms with van der Waals surface area (Å²) in [5.41, 5.74) is 4.45. The number of ether oxygens (including phenoxy) is 1. The Kier molecular flexibility index (Phi) is 10.9. The number of aromatic nitrogens is 1. The summed E-state index contributed by atoms with van der Waals surface area (Å²) in [6.07, 6.45) is 3.42. The van der Waals surface area contributed by atoms with E-state index in [0.29, 0.717) is 27.4 Å². The highest BCUT2D eigenvalue weighted by atomic mass is 32.2. The summed E-state index contributed by atoms with van der Waals surface area (Å²) in [5.74, 6) is -1.69. The number of rotatable bonds is 12. The molecule has 0 aliphatic rings. The smallest absolute Gasteiger partial charge is 0.341 e. The van der Waals surface area contributed by atoms with Crippen LogP contribution in [0.1, 0.15) is 33.2 Å². The Morgan fingerprint density at radius 3 is 2.38 bits per heavy atom. The first-order valence-corrected chi connectivity index (χ1v) is 17.6. The van der Waals surface area contributed by atoms with Crippen molar-refractivity contribution in [3.05, 3.63) is 143 Å². The number of amides is 3. The van der Waals surface area contributed by atoms with Gasteiger partial charge in [-0.3, -0.25) is 14.4 Å². The maximum absolute atomic E-state index is 13.6. The summed E-state index contributed by atoms with van der Waals surface area (Å²) >= 11 is 2.54. The minimum Gasteiger partial charge on any atom is -0.462 e. The zero-order valence-corrected chi connectivity index (χ0v) is 28.5. The van der Waals surface area contributed by atoms with E-state index in [4.69, 9.17) is 4.74 Å². The molecule has 2 heterocycles. The van der Waals surface area contributed by atoms with Crippen LogP contribution in [-0.4, -0.2) is 41.0 Å². The molecule has 4 aromatic carbocycles. The lowest BCUT2D eigenvalue weighted by Crippen LogP contribution is -2.30. The fraction of sp³-hybridized carbons (Fsp3) is 0.0769. The van der Waals surface area contributed by atoms with Crippen LogP contribution in [0.2, 0.25) is 0 Å². The SMILES string of the molecule is CCOC(=O)c1c(-c2ccccc2)csc1NC(=O)CSc1cccc(NC(=O)/C(=C/c2c[nH]c3ccccc23)NC(=O)c2ccccc2)c1. The molecule has 0 bridgehead atoms. The third-order valence-electron chi connectivity index (χ3n) is 7.52. The van der Waals surface area contributed by atoms with Gasteiger partial charge in [0.15, 0.2) is 0 Å². The van der Waals surface area contributed by atoms with E-state index in [2.05, 4.69) is 20.9 Å². The van der Waals surface area contributed by atoms with Gasteiger partial charge in [-0.2, -0.15) is 0 Å². The molecule has 0 saturated carbocycles. The van der Waals surface area contributed by atoms with Crippen molar-refractivity contribution in [3.8, 4) is 11.1 Å². The fourth-order valence-electron chi connectivity index (χ4n) is 5.17. The highest BCUT2D eigenvalue weighted by Gasteiger charge is 2.23. The van der Waals surface area contributed by atoms with Crippen LogP contribution in [0.4, 0.5) is 10.7 Å². The molecule has 3 amide bonds. The van der Waals surface area contributed by atoms with Crippen molar-refractivity contribution in [1.82, 2.24) is 10.3 Å². The minimum absolute atomic E-state index is 0.0527. The van der Waals surface area contributed by atoms with Crippen LogP contribution in [0.5, 0.6) is 0 Å². The molecule has 250 valence electrons. The van der Waals surface area contributed by atoms with E-state index in [0.717, 1.165) is 26.9 Å². The molecule has 0 fully saturated rings. The molecular formula is C39H32N4O5S2. The number of nitrogens with one attached hydrogen (secondary N) is 4. The van der Waals surface area contributed by atoms with E-state index in [1.54, 1.807) is 61.7 Å². The van der Waals surface area contributed by atoms with Gasteiger partial charge in [0.05, 0.1) is 12.4 Å². The summed E-state index contributed by atoms with van der Waals surface area (Å²) in [7, 11) is 0. The Morgan fingerprint density at radius 1 is 0.860 bits per heavy atom. The molecule has 9 nitrogen and oxygen atoms in total. The Balaban J connectivity index is 1.15. The molecule has 0 spiro atoms. The quantitative estimate of drug-likeness (QED) is 0.0579. The number of thioether (sulfide) groups is 1. The second-order valence-corrected chi connectivity index (χ2v) is 12.9. The van der Waals surface area contributed by atoms with Crippen LogP contribution in [0.15, 0.2) is 131 Å². The molecule has 0 atom stereocenters. The number of anilines is 2. The molecule has 6 rings (SSSR count). The van der Waals surface area contributed by atoms with Crippen molar-refractivity contribution in [2.45, 2.75) is 11.8 Å². The number of para-hydroxylation sites is 1. The van der Waals surface area contributed by atoms with E-state index in [1.807, 2.05) is 72.1 Å². The highest BCUT2D eigenvalue weighted by molar-refractivity contribution is 8.00. The Labute approximate surface area is 296 Å². The number of fused-ring (bicyclic) bond motifs is 1. The third kappa shape index (κ3) is 8.20. The van der Waals surface area contributed by atoms with Crippen molar-refractivity contribution in [2.75, 3.05) is 23.0 Å². The molecular weight excluding hydrogens is 669 g/mol. The number of H-pyrrole nitrogens is 1. The van der Waals surface area contributed by atoms with Gasteiger partial charge in [-0.25, -0.2) is 4.79 Å². The van der Waals surface area contributed by atoms with Gasteiger partial charge in [0, 0.05) is 49.8 Å². The van der Waals surface area contributed by atoms with Gasteiger partial charge in [0.2, 0.25) is 5.91 Å². The van der Waals surface area contributed by atoms with Gasteiger partial charge >= 0.3 is 5.97 Å². The summed E-state index contributed by atoms with van der Waals surface area (Å²) in [4.78, 5) is 56.6. The number of thiophene rings is 1. The molecule has 0 saturated heterocycles. The van der Waals surface area contributed by atoms with Gasteiger partial charge in [0.1, 0.15) is 16.3 Å². The molecule has 4 N–H and O–H groups in total. The molecule has 0 aliphatic carbocycles. The number of carbonyl (C=O) groups excluding carboxylic acids is 4. The highest BCUT2D eigenvalue weighted by Crippen LogP contribution is 2.36. The number of hydrogen-bond acceptors (Lipinski definition) is 7. The summed E-state index contributed by atoms with van der Waals surface area (Å²) in [6, 6.07) is 32.9. The van der Waals surface area contributed by atoms with Crippen molar-refractivity contribution in [1.29, 1.82) is 0 Å². The number of hydrogen-bond donors (Lipinski definition) is 4. The first-order chi connectivity index (χ1) is 24.4. The molecule has 0 radical (unpaired) electrons. The lowest BCUT2D eigenvalue weighted by Gasteiger charge is -2.12. The van der Waals surface area contributed by atoms with E-state index in [1.165, 1.54) is 23.1 Å². The van der Waals surface area contributed by atoms with Gasteiger partial charge in [0.25, 0.3) is 11.8 Å². The second kappa shape index (κ2) is 16.0. The maximum atomic E-state index is 13.6. The van der Waals surface area contributed by atoms with Gasteiger partial charge in [-0.1, -0.05) is 72.8 Å². The zero-order chi connectivity index (χ0) is 34.9. The van der Waals surface area contributed by atoms with Crippen LogP contribution >= 0.6 is 23.1 Å². The average Bonchev–Trinajstić information content (AvgIpc) is 3.75. The minimum atomic E-state index is -0.516. The zero-order valence-electron chi connectivity index (χ0n) is 26.9. The molecule has 0 unspecified atom stereocenters. The van der Waals surface area contributed by atoms with Crippen LogP contribution in [0, 0.1) is 0 Å².